The van der Waals surface area contributed by atoms with Crippen molar-refractivity contribution >= 4 is 10.8 Å². The van der Waals surface area contributed by atoms with Crippen molar-refractivity contribution in [2.75, 3.05) is 13.1 Å². The molecule has 3 aromatic rings. The molecule has 1 aromatic heterocycles. The summed E-state index contributed by atoms with van der Waals surface area (Å²) in [6.07, 6.45) is 0. The van der Waals surface area contributed by atoms with Gasteiger partial charge in [0.15, 0.2) is 5.82 Å². The van der Waals surface area contributed by atoms with Crippen LogP contribution in [0, 0.1) is 0 Å². The van der Waals surface area contributed by atoms with E-state index in [0.29, 0.717) is 0 Å². The van der Waals surface area contributed by atoms with Gasteiger partial charge in [-0.25, -0.2) is 0 Å². The van der Waals surface area contributed by atoms with E-state index in [1.54, 1.807) is 0 Å². The van der Waals surface area contributed by atoms with Crippen LogP contribution in [0.4, 0.5) is 0 Å². The van der Waals surface area contributed by atoms with Crippen LogP contribution in [-0.4, -0.2) is 38.2 Å². The minimum atomic E-state index is 0.757. The summed E-state index contributed by atoms with van der Waals surface area (Å²) in [6, 6.07) is 14.6. The van der Waals surface area contributed by atoms with E-state index in [2.05, 4.69) is 64.6 Å². The van der Waals surface area contributed by atoms with Gasteiger partial charge in [0.2, 0.25) is 0 Å². The monoisotopic (exact) mass is 281 g/mol. The Morgan fingerprint density at radius 3 is 2.52 bits per heavy atom. The average Bonchev–Trinajstić information content (AvgIpc) is 3.00. The molecule has 108 valence electrons. The van der Waals surface area contributed by atoms with E-state index in [9.17, 15) is 0 Å². The number of tetrazole rings is 1. The second-order valence-electron chi connectivity index (χ2n) is 5.00. The Hall–Kier alpha value is -2.27. The molecular formula is C16H19N5. The highest BCUT2D eigenvalue weighted by molar-refractivity contribution is 5.84. The molecule has 0 atom stereocenters. The van der Waals surface area contributed by atoms with Crippen LogP contribution in [0.1, 0.15) is 19.7 Å². The zero-order valence-corrected chi connectivity index (χ0v) is 12.4. The van der Waals surface area contributed by atoms with Gasteiger partial charge in [0, 0.05) is 0 Å². The molecule has 0 aliphatic carbocycles. The van der Waals surface area contributed by atoms with E-state index >= 15 is 0 Å². The van der Waals surface area contributed by atoms with Crippen molar-refractivity contribution < 1.29 is 0 Å². The Labute approximate surface area is 124 Å². The Balaban J connectivity index is 1.97. The molecule has 0 radical (unpaired) electrons. The molecule has 0 bridgehead atoms. The van der Waals surface area contributed by atoms with Crippen LogP contribution < -0.4 is 0 Å². The predicted octanol–water partition coefficient (Wildman–Crippen LogP) is 2.66. The molecular weight excluding hydrogens is 262 g/mol. The molecule has 21 heavy (non-hydrogen) atoms. The quantitative estimate of drug-likeness (QED) is 0.721. The molecule has 0 N–H and O–H groups in total. The first-order valence-electron chi connectivity index (χ1n) is 7.30. The van der Waals surface area contributed by atoms with Crippen molar-refractivity contribution in [3.63, 3.8) is 0 Å². The van der Waals surface area contributed by atoms with Gasteiger partial charge in [-0.1, -0.05) is 44.2 Å². The van der Waals surface area contributed by atoms with E-state index in [1.165, 1.54) is 10.8 Å². The highest BCUT2D eigenvalue weighted by Crippen LogP contribution is 2.18. The van der Waals surface area contributed by atoms with E-state index in [0.717, 1.165) is 31.1 Å². The zero-order valence-electron chi connectivity index (χ0n) is 12.4. The molecule has 0 fully saturated rings. The maximum atomic E-state index is 4.17. The van der Waals surface area contributed by atoms with E-state index in [4.69, 9.17) is 0 Å². The first-order valence-corrected chi connectivity index (χ1v) is 7.30. The lowest BCUT2D eigenvalue weighted by molar-refractivity contribution is 0.285. The molecule has 5 nitrogen and oxygen atoms in total. The van der Waals surface area contributed by atoms with Crippen LogP contribution in [-0.2, 0) is 6.54 Å². The average molecular weight is 281 g/mol. The predicted molar refractivity (Wildman–Crippen MR) is 83.3 cm³/mol. The van der Waals surface area contributed by atoms with Crippen molar-refractivity contribution in [1.82, 2.24) is 25.1 Å². The summed E-state index contributed by atoms with van der Waals surface area (Å²) >= 11 is 0. The van der Waals surface area contributed by atoms with Gasteiger partial charge in [-0.15, -0.1) is 5.10 Å². The molecule has 0 aliphatic rings. The minimum Gasteiger partial charge on any atom is -0.296 e. The Morgan fingerprint density at radius 2 is 1.76 bits per heavy atom. The number of hydrogen-bond acceptors (Lipinski definition) is 4. The standard InChI is InChI=1S/C16H19N5/c1-3-20(4-2)12-16-17-18-19-21(16)15-10-9-13-7-5-6-8-14(13)11-15/h5-11H,3-4,12H2,1-2H3. The maximum Gasteiger partial charge on any atom is 0.170 e. The van der Waals surface area contributed by atoms with Crippen molar-refractivity contribution in [2.24, 2.45) is 0 Å². The van der Waals surface area contributed by atoms with Gasteiger partial charge < -0.3 is 0 Å². The summed E-state index contributed by atoms with van der Waals surface area (Å²) in [6.45, 7) is 7.02. The fraction of sp³-hybridized carbons (Fsp3) is 0.312. The summed E-state index contributed by atoms with van der Waals surface area (Å²) in [4.78, 5) is 2.29. The summed E-state index contributed by atoms with van der Waals surface area (Å²) < 4.78 is 1.82. The zero-order chi connectivity index (χ0) is 14.7. The van der Waals surface area contributed by atoms with Crippen LogP contribution in [0.25, 0.3) is 16.5 Å². The molecule has 0 unspecified atom stereocenters. The molecule has 1 heterocycles. The van der Waals surface area contributed by atoms with Crippen LogP contribution in [0.3, 0.4) is 0 Å². The Morgan fingerprint density at radius 1 is 1.00 bits per heavy atom. The molecule has 0 saturated heterocycles. The lowest BCUT2D eigenvalue weighted by atomic mass is 10.1. The smallest absolute Gasteiger partial charge is 0.170 e. The number of nitrogens with zero attached hydrogens (tertiary/aromatic N) is 5. The lowest BCUT2D eigenvalue weighted by Gasteiger charge is -2.17. The molecule has 2 aromatic carbocycles. The van der Waals surface area contributed by atoms with Gasteiger partial charge in [-0.2, -0.15) is 4.68 Å². The fourth-order valence-corrected chi connectivity index (χ4v) is 2.46. The van der Waals surface area contributed by atoms with Crippen LogP contribution >= 0.6 is 0 Å². The molecule has 0 aliphatic heterocycles. The van der Waals surface area contributed by atoms with E-state index in [-0.39, 0.29) is 0 Å². The summed E-state index contributed by atoms with van der Waals surface area (Å²) in [7, 11) is 0. The Bertz CT molecular complexity index is 730. The normalized spacial score (nSPS) is 11.4. The van der Waals surface area contributed by atoms with Gasteiger partial charge >= 0.3 is 0 Å². The number of rotatable bonds is 5. The van der Waals surface area contributed by atoms with Crippen molar-refractivity contribution in [1.29, 1.82) is 0 Å². The first-order chi connectivity index (χ1) is 10.3. The van der Waals surface area contributed by atoms with Gasteiger partial charge in [-0.3, -0.25) is 4.90 Å². The van der Waals surface area contributed by atoms with Crippen LogP contribution in [0.5, 0.6) is 0 Å². The molecule has 3 rings (SSSR count). The first kappa shape index (κ1) is 13.7. The highest BCUT2D eigenvalue weighted by atomic mass is 15.5. The molecule has 0 amide bonds. The fourth-order valence-electron chi connectivity index (χ4n) is 2.46. The van der Waals surface area contributed by atoms with Crippen LogP contribution in [0.2, 0.25) is 0 Å². The number of hydrogen-bond donors (Lipinski definition) is 0. The van der Waals surface area contributed by atoms with Gasteiger partial charge in [0.25, 0.3) is 0 Å². The van der Waals surface area contributed by atoms with Gasteiger partial charge in [-0.05, 0) is 46.4 Å². The molecule has 0 saturated carbocycles. The topological polar surface area (TPSA) is 46.8 Å². The number of benzene rings is 2. The van der Waals surface area contributed by atoms with E-state index in [1.807, 2.05) is 16.8 Å². The number of fused-ring (bicyclic) bond motifs is 1. The van der Waals surface area contributed by atoms with Crippen molar-refractivity contribution in [3.8, 4) is 5.69 Å². The van der Waals surface area contributed by atoms with Crippen molar-refractivity contribution in [2.45, 2.75) is 20.4 Å². The highest BCUT2D eigenvalue weighted by Gasteiger charge is 2.11. The molecule has 0 spiro atoms. The second kappa shape index (κ2) is 6.01. The van der Waals surface area contributed by atoms with Crippen LogP contribution in [0.15, 0.2) is 42.5 Å². The maximum absolute atomic E-state index is 4.17. The van der Waals surface area contributed by atoms with E-state index < -0.39 is 0 Å². The second-order valence-corrected chi connectivity index (χ2v) is 5.00. The third-order valence-electron chi connectivity index (χ3n) is 3.77. The third-order valence-corrected chi connectivity index (χ3v) is 3.77. The summed E-state index contributed by atoms with van der Waals surface area (Å²) in [5.74, 6) is 0.869. The van der Waals surface area contributed by atoms with Gasteiger partial charge in [0.05, 0.1) is 12.2 Å². The minimum absolute atomic E-state index is 0.757. The summed E-state index contributed by atoms with van der Waals surface area (Å²) in [5, 5.41) is 14.6. The van der Waals surface area contributed by atoms with Crippen molar-refractivity contribution in [3.05, 3.63) is 48.3 Å². The molecule has 5 heteroatoms. The van der Waals surface area contributed by atoms with Gasteiger partial charge in [0.1, 0.15) is 0 Å². The third kappa shape index (κ3) is 2.78. The Kier molecular flexibility index (Phi) is 3.92. The SMILES string of the molecule is CCN(CC)Cc1nnnn1-c1ccc2ccccc2c1. The summed E-state index contributed by atoms with van der Waals surface area (Å²) in [5.41, 5.74) is 1.00. The lowest BCUT2D eigenvalue weighted by Crippen LogP contribution is -2.24. The number of aromatic nitrogens is 4. The largest absolute Gasteiger partial charge is 0.296 e.